The van der Waals surface area contributed by atoms with Crippen molar-refractivity contribution in [2.24, 2.45) is 11.1 Å². The number of aliphatic hydroxyl groups excluding tert-OH is 1. The summed E-state index contributed by atoms with van der Waals surface area (Å²) in [5, 5.41) is 9.76. The molecule has 0 aliphatic carbocycles. The lowest BCUT2D eigenvalue weighted by Crippen LogP contribution is -2.41. The van der Waals surface area contributed by atoms with Crippen molar-refractivity contribution < 1.29 is 19.4 Å². The number of benzene rings is 2. The summed E-state index contributed by atoms with van der Waals surface area (Å²) < 4.78 is 5.09. The van der Waals surface area contributed by atoms with Gasteiger partial charge in [-0.15, -0.1) is 0 Å². The molecule has 1 amide bonds. The molecule has 0 spiro atoms. The summed E-state index contributed by atoms with van der Waals surface area (Å²) in [5.74, 6) is -0.938. The molecule has 156 valence electrons. The minimum atomic E-state index is -1.16. The molecular formula is C23H30N2O4. The van der Waals surface area contributed by atoms with E-state index in [9.17, 15) is 14.7 Å². The van der Waals surface area contributed by atoms with Crippen LogP contribution >= 0.6 is 0 Å². The van der Waals surface area contributed by atoms with Crippen molar-refractivity contribution in [1.82, 2.24) is 4.90 Å². The number of amides is 1. The van der Waals surface area contributed by atoms with E-state index in [4.69, 9.17) is 10.5 Å². The van der Waals surface area contributed by atoms with E-state index in [1.165, 1.54) is 4.90 Å². The van der Waals surface area contributed by atoms with Crippen LogP contribution in [0.25, 0.3) is 11.1 Å². The van der Waals surface area contributed by atoms with Gasteiger partial charge in [-0.3, -0.25) is 9.59 Å². The quantitative estimate of drug-likeness (QED) is 0.632. The Morgan fingerprint density at radius 3 is 2.21 bits per heavy atom. The number of carbonyl (C=O) groups excluding carboxylic acids is 2. The van der Waals surface area contributed by atoms with Gasteiger partial charge in [-0.2, -0.15) is 0 Å². The third-order valence-electron chi connectivity index (χ3n) is 4.94. The molecule has 0 radical (unpaired) electrons. The van der Waals surface area contributed by atoms with Crippen molar-refractivity contribution in [2.45, 2.75) is 25.8 Å². The molecule has 2 atom stereocenters. The Morgan fingerprint density at radius 2 is 1.66 bits per heavy atom. The molecule has 29 heavy (non-hydrogen) atoms. The average Bonchev–Trinajstić information content (AvgIpc) is 2.72. The normalized spacial score (nSPS) is 14.0. The van der Waals surface area contributed by atoms with Crippen LogP contribution in [0.15, 0.2) is 54.6 Å². The molecule has 6 heteroatoms. The zero-order valence-corrected chi connectivity index (χ0v) is 17.3. The number of hydrogen-bond donors (Lipinski definition) is 2. The Bertz CT molecular complexity index is 805. The van der Waals surface area contributed by atoms with Gasteiger partial charge in [-0.1, -0.05) is 54.6 Å². The van der Waals surface area contributed by atoms with Gasteiger partial charge in [-0.25, -0.2) is 0 Å². The van der Waals surface area contributed by atoms with Gasteiger partial charge in [0.2, 0.25) is 0 Å². The van der Waals surface area contributed by atoms with Crippen LogP contribution < -0.4 is 5.73 Å². The van der Waals surface area contributed by atoms with Crippen molar-refractivity contribution in [1.29, 1.82) is 0 Å². The first kappa shape index (κ1) is 22.6. The first-order chi connectivity index (χ1) is 13.7. The number of ether oxygens (including phenoxy) is 1. The zero-order valence-electron chi connectivity index (χ0n) is 17.3. The Kier molecular flexibility index (Phi) is 7.93. The maximum atomic E-state index is 12.4. The van der Waals surface area contributed by atoms with Crippen molar-refractivity contribution in [2.75, 3.05) is 27.3 Å². The highest BCUT2D eigenvalue weighted by Crippen LogP contribution is 2.26. The van der Waals surface area contributed by atoms with Crippen LogP contribution in [-0.2, 0) is 20.7 Å². The number of aliphatic hydroxyl groups is 1. The fourth-order valence-electron chi connectivity index (χ4n) is 3.06. The van der Waals surface area contributed by atoms with E-state index in [0.29, 0.717) is 6.42 Å². The van der Waals surface area contributed by atoms with Gasteiger partial charge in [0.25, 0.3) is 5.91 Å². The molecule has 0 saturated heterocycles. The van der Waals surface area contributed by atoms with Crippen LogP contribution in [0.4, 0.5) is 0 Å². The van der Waals surface area contributed by atoms with E-state index < -0.39 is 18.0 Å². The maximum Gasteiger partial charge on any atom is 0.314 e. The van der Waals surface area contributed by atoms with E-state index in [1.807, 2.05) is 42.5 Å². The van der Waals surface area contributed by atoms with Gasteiger partial charge < -0.3 is 20.5 Å². The first-order valence-electron chi connectivity index (χ1n) is 9.63. The molecule has 2 rings (SSSR count). The minimum Gasteiger partial charge on any atom is -0.455 e. The highest BCUT2D eigenvalue weighted by atomic mass is 16.5. The molecule has 2 aromatic rings. The van der Waals surface area contributed by atoms with Crippen LogP contribution in [0.2, 0.25) is 0 Å². The molecule has 0 aliphatic rings. The first-order valence-corrected chi connectivity index (χ1v) is 9.63. The Morgan fingerprint density at radius 1 is 1.07 bits per heavy atom. The summed E-state index contributed by atoms with van der Waals surface area (Å²) in [4.78, 5) is 25.4. The van der Waals surface area contributed by atoms with Crippen LogP contribution in [0.1, 0.15) is 18.9 Å². The second kappa shape index (κ2) is 10.2. The van der Waals surface area contributed by atoms with Gasteiger partial charge in [0.05, 0.1) is 12.0 Å². The predicted octanol–water partition coefficient (Wildman–Crippen LogP) is 2.24. The Balaban J connectivity index is 1.95. The molecule has 0 heterocycles. The SMILES string of the molecule is CN(C)C(=O)COC(=O)C(C)(CO)CC(N)Cc1ccc(-c2ccccc2)cc1. The fourth-order valence-corrected chi connectivity index (χ4v) is 3.06. The number of esters is 1. The lowest BCUT2D eigenvalue weighted by atomic mass is 9.83. The molecule has 2 unspecified atom stereocenters. The molecule has 0 saturated carbocycles. The zero-order chi connectivity index (χ0) is 21.4. The maximum absolute atomic E-state index is 12.4. The smallest absolute Gasteiger partial charge is 0.314 e. The summed E-state index contributed by atoms with van der Waals surface area (Å²) >= 11 is 0. The van der Waals surface area contributed by atoms with Gasteiger partial charge in [0.1, 0.15) is 0 Å². The third kappa shape index (κ3) is 6.41. The number of hydrogen-bond acceptors (Lipinski definition) is 5. The number of rotatable bonds is 9. The van der Waals surface area contributed by atoms with Crippen molar-refractivity contribution in [3.63, 3.8) is 0 Å². The largest absolute Gasteiger partial charge is 0.455 e. The Hall–Kier alpha value is -2.70. The molecule has 0 fully saturated rings. The van der Waals surface area contributed by atoms with E-state index in [1.54, 1.807) is 21.0 Å². The lowest BCUT2D eigenvalue weighted by molar-refractivity contribution is -0.162. The summed E-state index contributed by atoms with van der Waals surface area (Å²) in [6.45, 7) is 0.855. The average molecular weight is 399 g/mol. The molecule has 2 aromatic carbocycles. The molecule has 0 bridgehead atoms. The number of nitrogens with zero attached hydrogens (tertiary/aromatic N) is 1. The lowest BCUT2D eigenvalue weighted by Gasteiger charge is -2.28. The monoisotopic (exact) mass is 398 g/mol. The topological polar surface area (TPSA) is 92.9 Å². The van der Waals surface area contributed by atoms with Gasteiger partial charge in [-0.05, 0) is 36.5 Å². The highest BCUT2D eigenvalue weighted by molar-refractivity contribution is 5.82. The summed E-state index contributed by atoms with van der Waals surface area (Å²) in [6.07, 6.45) is 0.813. The molecule has 3 N–H and O–H groups in total. The standard InChI is InChI=1S/C23H30N2O4/c1-23(16-26,22(28)29-15-21(27)25(2)3)14-20(24)13-17-9-11-19(12-10-17)18-7-5-4-6-8-18/h4-12,20,26H,13-16,24H2,1-3H3. The molecule has 0 aromatic heterocycles. The summed E-state index contributed by atoms with van der Waals surface area (Å²) in [5.41, 5.74) is 8.42. The van der Waals surface area contributed by atoms with Crippen LogP contribution in [0.3, 0.4) is 0 Å². The van der Waals surface area contributed by atoms with E-state index in [2.05, 4.69) is 12.1 Å². The number of carbonyl (C=O) groups is 2. The second-order valence-corrected chi connectivity index (χ2v) is 7.81. The number of nitrogens with two attached hydrogens (primary N) is 1. The predicted molar refractivity (Wildman–Crippen MR) is 113 cm³/mol. The van der Waals surface area contributed by atoms with Crippen LogP contribution in [0, 0.1) is 5.41 Å². The van der Waals surface area contributed by atoms with Crippen molar-refractivity contribution in [3.05, 3.63) is 60.2 Å². The van der Waals surface area contributed by atoms with E-state index in [0.717, 1.165) is 16.7 Å². The molecule has 6 nitrogen and oxygen atoms in total. The highest BCUT2D eigenvalue weighted by Gasteiger charge is 2.36. The van der Waals surface area contributed by atoms with Crippen molar-refractivity contribution in [3.8, 4) is 11.1 Å². The Labute approximate surface area is 172 Å². The van der Waals surface area contributed by atoms with Crippen molar-refractivity contribution >= 4 is 11.9 Å². The van der Waals surface area contributed by atoms with Gasteiger partial charge >= 0.3 is 5.97 Å². The fraction of sp³-hybridized carbons (Fsp3) is 0.391. The number of likely N-dealkylation sites (N-methyl/N-ethyl adjacent to an activating group) is 1. The van der Waals surface area contributed by atoms with Gasteiger partial charge in [0.15, 0.2) is 6.61 Å². The van der Waals surface area contributed by atoms with Crippen LogP contribution in [0.5, 0.6) is 0 Å². The summed E-state index contributed by atoms with van der Waals surface area (Å²) in [7, 11) is 3.17. The van der Waals surface area contributed by atoms with E-state index >= 15 is 0 Å². The molecular weight excluding hydrogens is 368 g/mol. The van der Waals surface area contributed by atoms with Gasteiger partial charge in [0, 0.05) is 20.1 Å². The van der Waals surface area contributed by atoms with Crippen LogP contribution in [-0.4, -0.2) is 55.2 Å². The third-order valence-corrected chi connectivity index (χ3v) is 4.94. The molecule has 0 aliphatic heterocycles. The minimum absolute atomic E-state index is 0.249. The second-order valence-electron chi connectivity index (χ2n) is 7.81. The van der Waals surface area contributed by atoms with E-state index in [-0.39, 0.29) is 25.0 Å². The summed E-state index contributed by atoms with van der Waals surface area (Å²) in [6, 6.07) is 17.9.